The van der Waals surface area contributed by atoms with Crippen LogP contribution in [0.3, 0.4) is 0 Å². The van der Waals surface area contributed by atoms with Gasteiger partial charge in [0, 0.05) is 0 Å². The van der Waals surface area contributed by atoms with E-state index in [-0.39, 0.29) is 11.5 Å². The molecule has 3 heterocycles. The zero-order chi connectivity index (χ0) is 26.9. The number of piperazine rings is 3. The maximum Gasteiger partial charge on any atom is 0.264 e. The molecule has 0 atom stereocenters. The summed E-state index contributed by atoms with van der Waals surface area (Å²) in [5, 5.41) is 0. The van der Waals surface area contributed by atoms with Gasteiger partial charge in [0.2, 0.25) is 20.8 Å². The molecule has 34 heavy (non-hydrogen) atoms. The van der Waals surface area contributed by atoms with Crippen molar-refractivity contribution in [2.75, 3.05) is 63.9 Å². The molecule has 3 aliphatic rings. The first-order valence-corrected chi connectivity index (χ1v) is 16.0. The monoisotopic (exact) mass is 580 g/mol. The Morgan fingerprint density at radius 1 is 0.500 bits per heavy atom. The average Bonchev–Trinajstić information content (AvgIpc) is 2.60. The van der Waals surface area contributed by atoms with Gasteiger partial charge in [-0.2, -0.15) is 16.8 Å². The van der Waals surface area contributed by atoms with Gasteiger partial charge in [-0.25, -0.2) is 16.8 Å². The van der Waals surface area contributed by atoms with E-state index in [1.165, 1.54) is 0 Å². The molecule has 0 aromatic carbocycles. The molecule has 0 amide bonds. The zero-order valence-electron chi connectivity index (χ0n) is 18.3. The van der Waals surface area contributed by atoms with Crippen LogP contribution in [0, 0.1) is 0 Å². The van der Waals surface area contributed by atoms with E-state index in [2.05, 4.69) is 0 Å². The highest BCUT2D eigenvalue weighted by molar-refractivity contribution is 7.86. The second-order valence-electron chi connectivity index (χ2n) is 8.31. The summed E-state index contributed by atoms with van der Waals surface area (Å²) in [6, 6.07) is 0. The molecule has 3 rings (SSSR count). The third-order valence-corrected chi connectivity index (χ3v) is 7.32. The molecule has 16 nitrogen and oxygen atoms in total. The number of unbranched alkanes of at least 4 members (excludes halogenated alkanes) is 2. The molecule has 0 aromatic rings. The lowest BCUT2D eigenvalue weighted by atomic mass is 10.0. The van der Waals surface area contributed by atoms with Gasteiger partial charge in [0.1, 0.15) is 39.3 Å². The van der Waals surface area contributed by atoms with Crippen LogP contribution in [-0.2, 0) is 41.0 Å². The molecule has 0 unspecified atom stereocenters. The van der Waals surface area contributed by atoms with Crippen molar-refractivity contribution in [2.45, 2.75) is 25.7 Å². The first-order chi connectivity index (χ1) is 15.0. The lowest BCUT2D eigenvalue weighted by Gasteiger charge is -2.55. The molecule has 3 aliphatic heterocycles. The summed E-state index contributed by atoms with van der Waals surface area (Å²) in [5.41, 5.74) is 0. The van der Waals surface area contributed by atoms with Gasteiger partial charge in [-0.1, -0.05) is 0 Å². The maximum absolute atomic E-state index is 10.8. The smallest absolute Gasteiger partial charge is 0.264 e. The van der Waals surface area contributed by atoms with E-state index in [9.17, 15) is 16.8 Å². The Morgan fingerprint density at radius 3 is 0.882 bits per heavy atom. The predicted molar refractivity (Wildman–Crippen MR) is 115 cm³/mol. The molecule has 0 spiro atoms. The first-order valence-electron chi connectivity index (χ1n) is 10.0. The Labute approximate surface area is 200 Å². The van der Waals surface area contributed by atoms with E-state index < -0.39 is 41.0 Å². The van der Waals surface area contributed by atoms with Crippen LogP contribution < -0.4 is 0 Å². The van der Waals surface area contributed by atoms with Crippen molar-refractivity contribution < 1.29 is 70.0 Å². The van der Waals surface area contributed by atoms with Gasteiger partial charge in [0.25, 0.3) is 20.2 Å². The van der Waals surface area contributed by atoms with E-state index >= 15 is 0 Å². The Kier molecular flexibility index (Phi) is 12.9. The van der Waals surface area contributed by atoms with Gasteiger partial charge >= 0.3 is 0 Å². The molecule has 0 aliphatic carbocycles. The molecule has 20 heteroatoms. The molecule has 0 radical (unpaired) electrons. The van der Waals surface area contributed by atoms with Crippen LogP contribution in [0.25, 0.3) is 0 Å². The summed E-state index contributed by atoms with van der Waals surface area (Å²) in [7, 11) is -17.5. The number of fused-ring (bicyclic) bond motifs is 3. The van der Waals surface area contributed by atoms with E-state index in [4.69, 9.17) is 44.2 Å². The quantitative estimate of drug-likeness (QED) is 0.0941. The van der Waals surface area contributed by atoms with Crippen molar-refractivity contribution in [1.82, 2.24) is 0 Å². The number of nitrogens with zero attached hydrogens (tertiary/aromatic N) is 2. The molecule has 2 bridgehead atoms. The van der Waals surface area contributed by atoms with Gasteiger partial charge in [0.15, 0.2) is 0 Å². The second-order valence-corrected chi connectivity index (χ2v) is 13.2. The highest BCUT2D eigenvalue weighted by Crippen LogP contribution is 2.27. The number of quaternary nitrogens is 2. The largest absolute Gasteiger partial charge is 0.726 e. The average molecular weight is 581 g/mol. The van der Waals surface area contributed by atoms with Gasteiger partial charge in [-0.05, 0) is 25.7 Å². The van der Waals surface area contributed by atoms with Crippen molar-refractivity contribution in [2.24, 2.45) is 0 Å². The van der Waals surface area contributed by atoms with E-state index in [0.717, 1.165) is 74.2 Å². The van der Waals surface area contributed by atoms with Crippen LogP contribution in [0.4, 0.5) is 0 Å². The number of hydrogen-bond donors (Lipinski definition) is 4. The van der Waals surface area contributed by atoms with Crippen molar-refractivity contribution in [1.29, 1.82) is 0 Å². The predicted octanol–water partition coefficient (Wildman–Crippen LogP) is -2.01. The zero-order valence-corrected chi connectivity index (χ0v) is 21.6. The van der Waals surface area contributed by atoms with Crippen molar-refractivity contribution in [3.63, 3.8) is 0 Å². The molecular formula is C14H32N2O14S4. The molecular weight excluding hydrogens is 548 g/mol. The summed E-state index contributed by atoms with van der Waals surface area (Å²) in [6.07, 6.45) is 2.64. The van der Waals surface area contributed by atoms with Gasteiger partial charge in [-0.3, -0.25) is 18.2 Å². The first kappa shape index (κ1) is 33.5. The third-order valence-electron chi connectivity index (χ3n) is 5.72. The molecule has 0 saturated carbocycles. The Bertz CT molecular complexity index is 927. The maximum atomic E-state index is 10.8. The third kappa shape index (κ3) is 19.8. The van der Waals surface area contributed by atoms with Gasteiger partial charge in [0.05, 0.1) is 24.6 Å². The SMILES string of the molecule is O=S(=O)(O)CCCC[N+]12CC[N+](CCCCS(=O)(=O)O)(CC1)CC2.O=S(=O)([O-])O.O=S(=O)([O-])O. The minimum Gasteiger partial charge on any atom is -0.726 e. The summed E-state index contributed by atoms with van der Waals surface area (Å²) in [6.45, 7) is 8.47. The fraction of sp³-hybridized carbons (Fsp3) is 1.00. The fourth-order valence-corrected chi connectivity index (χ4v) is 5.22. The topological polar surface area (TPSA) is 264 Å². The minimum atomic E-state index is -4.92. The van der Waals surface area contributed by atoms with Crippen LogP contribution in [0.2, 0.25) is 0 Å². The van der Waals surface area contributed by atoms with Crippen LogP contribution in [0.15, 0.2) is 0 Å². The molecule has 3 saturated heterocycles. The Morgan fingerprint density at radius 2 is 0.706 bits per heavy atom. The summed E-state index contributed by atoms with van der Waals surface area (Å²) in [4.78, 5) is 0. The van der Waals surface area contributed by atoms with E-state index in [1.54, 1.807) is 0 Å². The highest BCUT2D eigenvalue weighted by atomic mass is 32.3. The van der Waals surface area contributed by atoms with Gasteiger partial charge in [-0.15, -0.1) is 0 Å². The summed E-state index contributed by atoms with van der Waals surface area (Å²) in [5.74, 6) is -0.304. The Hall–Kier alpha value is -0.520. The minimum absolute atomic E-state index is 0.152. The Balaban J connectivity index is 0.000000916. The van der Waals surface area contributed by atoms with Crippen molar-refractivity contribution >= 4 is 41.0 Å². The molecule has 0 aromatic heterocycles. The van der Waals surface area contributed by atoms with Crippen molar-refractivity contribution in [3.05, 3.63) is 0 Å². The summed E-state index contributed by atoms with van der Waals surface area (Å²) >= 11 is 0. The lowest BCUT2D eigenvalue weighted by molar-refractivity contribution is -1.08. The van der Waals surface area contributed by atoms with Crippen LogP contribution in [-0.4, -0.2) is 134 Å². The highest BCUT2D eigenvalue weighted by Gasteiger charge is 2.48. The molecule has 206 valence electrons. The lowest BCUT2D eigenvalue weighted by Crippen LogP contribution is -2.75. The fourth-order valence-electron chi connectivity index (χ4n) is 4.08. The number of rotatable bonds is 10. The standard InChI is InChI=1S/C14H28N2O6S2.2H2O4S/c17-23(18,19)13-3-1-5-15-7-10-16(11-8-15,12-9-15)6-2-4-14-24(20,21)22;2*1-5(2,3)4/h1-14H2;2*(H2,1,2,3,4). The van der Waals surface area contributed by atoms with Crippen LogP contribution in [0.1, 0.15) is 25.7 Å². The van der Waals surface area contributed by atoms with Crippen molar-refractivity contribution in [3.8, 4) is 0 Å². The van der Waals surface area contributed by atoms with Crippen LogP contribution in [0.5, 0.6) is 0 Å². The molecule has 3 fully saturated rings. The van der Waals surface area contributed by atoms with Gasteiger partial charge < -0.3 is 18.1 Å². The second kappa shape index (κ2) is 13.1. The number of hydrogen-bond acceptors (Lipinski definition) is 10. The summed E-state index contributed by atoms with van der Waals surface area (Å²) < 4.78 is 128. The van der Waals surface area contributed by atoms with E-state index in [1.807, 2.05) is 0 Å². The molecule has 4 N–H and O–H groups in total. The normalized spacial score (nSPS) is 25.0. The van der Waals surface area contributed by atoms with E-state index in [0.29, 0.717) is 12.8 Å². The van der Waals surface area contributed by atoms with Crippen LogP contribution >= 0.6 is 0 Å².